The van der Waals surface area contributed by atoms with Crippen molar-refractivity contribution in [2.45, 2.75) is 77.3 Å². The van der Waals surface area contributed by atoms with Crippen LogP contribution in [-0.4, -0.2) is 49.5 Å². The van der Waals surface area contributed by atoms with Gasteiger partial charge in [-0.3, -0.25) is 14.5 Å². The first kappa shape index (κ1) is 24.6. The van der Waals surface area contributed by atoms with Crippen LogP contribution < -0.4 is 15.4 Å². The Morgan fingerprint density at radius 1 is 1.06 bits per heavy atom. The second-order valence-electron chi connectivity index (χ2n) is 12.2. The molecule has 5 fully saturated rings. The first-order valence-corrected chi connectivity index (χ1v) is 13.8. The van der Waals surface area contributed by atoms with E-state index in [1.165, 1.54) is 32.1 Å². The number of benzene rings is 1. The molecule has 5 aliphatic rings. The zero-order valence-electron chi connectivity index (χ0n) is 21.7. The van der Waals surface area contributed by atoms with Gasteiger partial charge in [-0.25, -0.2) is 0 Å². The van der Waals surface area contributed by atoms with Gasteiger partial charge in [0.25, 0.3) is 0 Å². The van der Waals surface area contributed by atoms with Gasteiger partial charge in [0.15, 0.2) is 0 Å². The van der Waals surface area contributed by atoms with Crippen molar-refractivity contribution in [2.24, 2.45) is 29.1 Å². The van der Waals surface area contributed by atoms with Crippen molar-refractivity contribution < 1.29 is 14.3 Å². The quantitative estimate of drug-likeness (QED) is 0.552. The Kier molecular flexibility index (Phi) is 7.11. The highest BCUT2D eigenvalue weighted by Gasteiger charge is 2.55. The first-order valence-electron chi connectivity index (χ1n) is 13.8. The minimum absolute atomic E-state index is 0.0370. The molecule has 2 amide bonds. The molecule has 1 aromatic rings. The Balaban J connectivity index is 1.26. The van der Waals surface area contributed by atoms with Gasteiger partial charge in [0, 0.05) is 12.0 Å². The molecule has 0 spiro atoms. The van der Waals surface area contributed by atoms with Gasteiger partial charge >= 0.3 is 0 Å². The molecule has 0 aromatic heterocycles. The van der Waals surface area contributed by atoms with Crippen LogP contribution in [0.5, 0.6) is 5.75 Å². The molecular weight excluding hydrogens is 438 g/mol. The van der Waals surface area contributed by atoms with Crippen molar-refractivity contribution in [1.29, 1.82) is 0 Å². The number of hydrogen-bond acceptors (Lipinski definition) is 4. The molecule has 6 rings (SSSR count). The number of carbonyl (C=O) groups is 2. The highest BCUT2D eigenvalue weighted by molar-refractivity contribution is 5.90. The van der Waals surface area contributed by atoms with Crippen molar-refractivity contribution in [2.75, 3.05) is 26.7 Å². The van der Waals surface area contributed by atoms with Crippen LogP contribution in [0.25, 0.3) is 0 Å². The Labute approximate surface area is 210 Å². The summed E-state index contributed by atoms with van der Waals surface area (Å²) in [6.07, 6.45) is 9.35. The maximum Gasteiger partial charge on any atom is 0.242 e. The summed E-state index contributed by atoms with van der Waals surface area (Å²) in [5, 5.41) is 6.46. The first-order chi connectivity index (χ1) is 16.9. The monoisotopic (exact) mass is 481 g/mol. The number of amides is 2. The number of ether oxygens (including phenoxy) is 1. The fourth-order valence-electron chi connectivity index (χ4n) is 7.89. The molecular formula is C29H43N3O3. The van der Waals surface area contributed by atoms with E-state index >= 15 is 0 Å². The van der Waals surface area contributed by atoms with Crippen LogP contribution in [0.15, 0.2) is 24.3 Å². The van der Waals surface area contributed by atoms with Gasteiger partial charge in [0.05, 0.1) is 13.2 Å². The maximum absolute atomic E-state index is 13.6. The number of rotatable bonds is 9. The molecule has 2 N–H and O–H groups in total. The molecule has 1 heterocycles. The molecule has 6 heteroatoms. The molecule has 192 valence electrons. The number of hydrogen-bond donors (Lipinski definition) is 2. The van der Waals surface area contributed by atoms with E-state index in [0.29, 0.717) is 24.3 Å². The lowest BCUT2D eigenvalue weighted by Gasteiger charge is -2.55. The average molecular weight is 482 g/mol. The Bertz CT molecular complexity index is 888. The number of carbonyl (C=O) groups excluding carboxylic acids is 2. The van der Waals surface area contributed by atoms with Crippen LogP contribution >= 0.6 is 0 Å². The molecule has 1 aromatic carbocycles. The van der Waals surface area contributed by atoms with Crippen LogP contribution in [0.1, 0.15) is 76.8 Å². The fraction of sp³-hybridized carbons (Fsp3) is 0.724. The third-order valence-corrected chi connectivity index (χ3v) is 9.29. The van der Waals surface area contributed by atoms with Gasteiger partial charge in [-0.15, -0.1) is 0 Å². The standard InChI is InChI=1S/C29H43N3O3/c1-19(2)26(31-28(34)29-15-20-11-21(16-29)13-22(12-20)17-29)27(33)30-18-25(32-9-4-5-10-32)23-7-6-8-24(14-23)35-3/h6-8,14,19-22,25-26H,4-5,9-13,15-18H2,1-3H3,(H,30,33)(H,31,34). The number of methoxy groups -OCH3 is 1. The second kappa shape index (κ2) is 10.1. The normalized spacial score (nSPS) is 31.4. The summed E-state index contributed by atoms with van der Waals surface area (Å²) in [6.45, 7) is 6.67. The third kappa shape index (κ3) is 5.09. The van der Waals surface area contributed by atoms with Crippen LogP contribution in [0.4, 0.5) is 0 Å². The predicted octanol–water partition coefficient (Wildman–Crippen LogP) is 4.31. The van der Waals surface area contributed by atoms with Gasteiger partial charge in [0.2, 0.25) is 11.8 Å². The summed E-state index contributed by atoms with van der Waals surface area (Å²) < 4.78 is 5.45. The largest absolute Gasteiger partial charge is 0.497 e. The summed E-state index contributed by atoms with van der Waals surface area (Å²) in [4.78, 5) is 29.5. The lowest BCUT2D eigenvalue weighted by atomic mass is 9.49. The molecule has 6 nitrogen and oxygen atoms in total. The van der Waals surface area contributed by atoms with Crippen LogP contribution in [0, 0.1) is 29.1 Å². The van der Waals surface area contributed by atoms with E-state index in [9.17, 15) is 9.59 Å². The number of nitrogens with zero attached hydrogens (tertiary/aromatic N) is 1. The zero-order chi connectivity index (χ0) is 24.6. The molecule has 35 heavy (non-hydrogen) atoms. The SMILES string of the molecule is COc1cccc(C(CNC(=O)C(NC(=O)C23CC4CC(CC(C4)C2)C3)C(C)C)N2CCCC2)c1. The smallest absolute Gasteiger partial charge is 0.242 e. The molecule has 2 atom stereocenters. The van der Waals surface area contributed by atoms with Gasteiger partial charge < -0.3 is 15.4 Å². The van der Waals surface area contributed by atoms with Crippen molar-refractivity contribution >= 4 is 11.8 Å². The molecule has 4 bridgehead atoms. The number of nitrogens with one attached hydrogen (secondary N) is 2. The van der Waals surface area contributed by atoms with Crippen molar-refractivity contribution in [3.05, 3.63) is 29.8 Å². The molecule has 1 aliphatic heterocycles. The molecule has 1 saturated heterocycles. The van der Waals surface area contributed by atoms with Crippen molar-refractivity contribution in [3.8, 4) is 5.75 Å². The summed E-state index contributed by atoms with van der Waals surface area (Å²) in [5.41, 5.74) is 0.922. The number of likely N-dealkylation sites (tertiary alicyclic amines) is 1. The van der Waals surface area contributed by atoms with E-state index in [2.05, 4.69) is 27.7 Å². The van der Waals surface area contributed by atoms with Crippen LogP contribution in [0.2, 0.25) is 0 Å². The van der Waals surface area contributed by atoms with E-state index in [4.69, 9.17) is 4.74 Å². The van der Waals surface area contributed by atoms with Gasteiger partial charge in [-0.1, -0.05) is 26.0 Å². The third-order valence-electron chi connectivity index (χ3n) is 9.29. The highest BCUT2D eigenvalue weighted by Crippen LogP contribution is 2.60. The van der Waals surface area contributed by atoms with E-state index in [1.54, 1.807) is 7.11 Å². The summed E-state index contributed by atoms with van der Waals surface area (Å²) in [7, 11) is 1.69. The van der Waals surface area contributed by atoms with Crippen molar-refractivity contribution in [3.63, 3.8) is 0 Å². The molecule has 0 radical (unpaired) electrons. The average Bonchev–Trinajstić information content (AvgIpc) is 3.36. The maximum atomic E-state index is 13.6. The predicted molar refractivity (Wildman–Crippen MR) is 137 cm³/mol. The summed E-state index contributed by atoms with van der Waals surface area (Å²) in [6, 6.07) is 7.76. The summed E-state index contributed by atoms with van der Waals surface area (Å²) in [5.74, 6) is 3.07. The Hall–Kier alpha value is -2.08. The van der Waals surface area contributed by atoms with E-state index in [0.717, 1.165) is 43.7 Å². The van der Waals surface area contributed by atoms with E-state index in [-0.39, 0.29) is 29.2 Å². The van der Waals surface area contributed by atoms with Crippen molar-refractivity contribution in [1.82, 2.24) is 15.5 Å². The van der Waals surface area contributed by atoms with Gasteiger partial charge in [-0.05, 0) is 106 Å². The molecule has 4 saturated carbocycles. The Morgan fingerprint density at radius 3 is 2.26 bits per heavy atom. The van der Waals surface area contributed by atoms with Gasteiger partial charge in [0.1, 0.15) is 11.8 Å². The lowest BCUT2D eigenvalue weighted by Crippen LogP contribution is -2.58. The minimum atomic E-state index is -0.500. The zero-order valence-corrected chi connectivity index (χ0v) is 21.7. The topological polar surface area (TPSA) is 70.7 Å². The van der Waals surface area contributed by atoms with Crippen LogP contribution in [-0.2, 0) is 9.59 Å². The van der Waals surface area contributed by atoms with E-state index < -0.39 is 6.04 Å². The summed E-state index contributed by atoms with van der Waals surface area (Å²) >= 11 is 0. The molecule has 2 unspecified atom stereocenters. The lowest BCUT2D eigenvalue weighted by molar-refractivity contribution is -0.149. The minimum Gasteiger partial charge on any atom is -0.497 e. The fourth-order valence-corrected chi connectivity index (χ4v) is 7.89. The molecule has 4 aliphatic carbocycles. The van der Waals surface area contributed by atoms with Gasteiger partial charge in [-0.2, -0.15) is 0 Å². The highest BCUT2D eigenvalue weighted by atomic mass is 16.5. The second-order valence-corrected chi connectivity index (χ2v) is 12.2. The Morgan fingerprint density at radius 2 is 1.69 bits per heavy atom. The van der Waals surface area contributed by atoms with Crippen LogP contribution in [0.3, 0.4) is 0 Å². The van der Waals surface area contributed by atoms with E-state index in [1.807, 2.05) is 26.0 Å².